The summed E-state index contributed by atoms with van der Waals surface area (Å²) >= 11 is 0. The Bertz CT molecular complexity index is 1320. The molecule has 0 saturated carbocycles. The normalized spacial score (nSPS) is 17.8. The molecule has 34 heavy (non-hydrogen) atoms. The molecular weight excluding hydrogens is 456 g/mol. The molecule has 0 spiro atoms. The van der Waals surface area contributed by atoms with E-state index in [0.717, 1.165) is 49.1 Å². The van der Waals surface area contributed by atoms with Gasteiger partial charge in [0.05, 0.1) is 24.3 Å². The summed E-state index contributed by atoms with van der Waals surface area (Å²) in [6, 6.07) is 7.65. The number of hydrogen-bond donors (Lipinski definition) is 1. The molecule has 10 nitrogen and oxygen atoms in total. The number of anilines is 1. The van der Waals surface area contributed by atoms with Crippen LogP contribution in [-0.2, 0) is 26.8 Å². The molecule has 5 rings (SSSR count). The Morgan fingerprint density at radius 3 is 2.97 bits per heavy atom. The van der Waals surface area contributed by atoms with E-state index in [2.05, 4.69) is 20.3 Å². The van der Waals surface area contributed by atoms with E-state index in [1.54, 1.807) is 27.9 Å². The van der Waals surface area contributed by atoms with Gasteiger partial charge in [0, 0.05) is 43.6 Å². The molecule has 2 aromatic heterocycles. The maximum Gasteiger partial charge on any atom is 0.224 e. The summed E-state index contributed by atoms with van der Waals surface area (Å²) in [7, 11) is -3.31. The number of piperidine rings is 1. The first kappa shape index (κ1) is 22.3. The maximum absolute atomic E-state index is 12.1. The van der Waals surface area contributed by atoms with Gasteiger partial charge in [0.2, 0.25) is 12.4 Å². The van der Waals surface area contributed by atoms with Crippen molar-refractivity contribution >= 4 is 22.2 Å². The molecule has 1 fully saturated rings. The number of fused-ring (bicyclic) bond motifs is 1. The summed E-state index contributed by atoms with van der Waals surface area (Å²) in [5.74, 6) is 2.23. The Kier molecular flexibility index (Phi) is 5.94. The van der Waals surface area contributed by atoms with Crippen molar-refractivity contribution in [2.45, 2.75) is 31.1 Å². The second-order valence-electron chi connectivity index (χ2n) is 8.72. The Labute approximate surface area is 197 Å². The van der Waals surface area contributed by atoms with Crippen LogP contribution >= 0.6 is 0 Å². The van der Waals surface area contributed by atoms with Crippen LogP contribution in [-0.4, -0.2) is 71.2 Å². The largest absolute Gasteiger partial charge is 0.493 e. The highest BCUT2D eigenvalue weighted by atomic mass is 32.2. The van der Waals surface area contributed by atoms with Crippen molar-refractivity contribution in [3.63, 3.8) is 0 Å². The van der Waals surface area contributed by atoms with Gasteiger partial charge in [0.25, 0.3) is 0 Å². The van der Waals surface area contributed by atoms with Crippen LogP contribution in [0.2, 0.25) is 0 Å². The number of hydrogen-bond acceptors (Lipinski definition) is 8. The number of aromatic nitrogens is 4. The maximum atomic E-state index is 12.1. The Balaban J connectivity index is 1.52. The van der Waals surface area contributed by atoms with E-state index in [4.69, 9.17) is 4.74 Å². The lowest BCUT2D eigenvalue weighted by atomic mass is 10.1. The molecule has 1 N–H and O–H groups in total. The first-order valence-electron chi connectivity index (χ1n) is 11.2. The minimum Gasteiger partial charge on any atom is -0.493 e. The first-order chi connectivity index (χ1) is 16.4. The van der Waals surface area contributed by atoms with Crippen molar-refractivity contribution in [1.29, 1.82) is 0 Å². The van der Waals surface area contributed by atoms with E-state index in [9.17, 15) is 13.2 Å². The quantitative estimate of drug-likeness (QED) is 0.507. The van der Waals surface area contributed by atoms with Crippen LogP contribution < -0.4 is 10.1 Å². The Morgan fingerprint density at radius 1 is 1.26 bits per heavy atom. The van der Waals surface area contributed by atoms with Crippen molar-refractivity contribution in [2.75, 3.05) is 31.3 Å². The minimum atomic E-state index is -3.31. The predicted octanol–water partition coefficient (Wildman–Crippen LogP) is 1.84. The van der Waals surface area contributed by atoms with Crippen molar-refractivity contribution in [1.82, 2.24) is 24.4 Å². The van der Waals surface area contributed by atoms with Crippen molar-refractivity contribution in [2.24, 2.45) is 0 Å². The first-order valence-corrected chi connectivity index (χ1v) is 13.3. The number of amides is 1. The van der Waals surface area contributed by atoms with Crippen molar-refractivity contribution in [3.8, 4) is 23.0 Å². The van der Waals surface area contributed by atoms with Gasteiger partial charge in [0.1, 0.15) is 17.4 Å². The van der Waals surface area contributed by atoms with Crippen molar-refractivity contribution < 1.29 is 17.9 Å². The van der Waals surface area contributed by atoms with E-state index in [-0.39, 0.29) is 11.8 Å². The van der Waals surface area contributed by atoms with Gasteiger partial charge in [-0.2, -0.15) is 4.98 Å². The van der Waals surface area contributed by atoms with Gasteiger partial charge in [-0.25, -0.2) is 18.4 Å². The number of sulfone groups is 1. The molecule has 3 aromatic rings. The highest BCUT2D eigenvalue weighted by Gasteiger charge is 2.22. The van der Waals surface area contributed by atoms with Gasteiger partial charge in [-0.1, -0.05) is 0 Å². The molecule has 2 aliphatic rings. The number of carbonyl (C=O) groups is 1. The summed E-state index contributed by atoms with van der Waals surface area (Å²) in [4.78, 5) is 26.5. The molecule has 2 aliphatic heterocycles. The number of likely N-dealkylation sites (tertiary alicyclic amines) is 1. The second-order valence-corrected chi connectivity index (χ2v) is 10.9. The van der Waals surface area contributed by atoms with Crippen LogP contribution in [0.15, 0.2) is 36.7 Å². The standard InChI is InChI=1S/C23H26N6O4S/c1-34(31,32)14-19-12-25-22(17-4-5-20-16(11-17)7-10-33-20)29(19)21-6-8-24-23(27-21)26-18-3-2-9-28(13-18)15-30/h4-6,8,11-12,15,18H,2-3,7,9-10,13-14H2,1H3,(H,24,26,27). The van der Waals surface area contributed by atoms with Gasteiger partial charge in [-0.15, -0.1) is 0 Å². The highest BCUT2D eigenvalue weighted by Crippen LogP contribution is 2.32. The van der Waals surface area contributed by atoms with E-state index < -0.39 is 9.84 Å². The summed E-state index contributed by atoms with van der Waals surface area (Å²) in [6.45, 7) is 1.99. The van der Waals surface area contributed by atoms with Crippen LogP contribution in [0.25, 0.3) is 17.2 Å². The minimum absolute atomic E-state index is 0.0451. The zero-order valence-electron chi connectivity index (χ0n) is 18.8. The van der Waals surface area contributed by atoms with Gasteiger partial charge >= 0.3 is 0 Å². The molecule has 0 radical (unpaired) electrons. The zero-order valence-corrected chi connectivity index (χ0v) is 19.7. The van der Waals surface area contributed by atoms with Crippen LogP contribution in [0.1, 0.15) is 24.1 Å². The summed E-state index contributed by atoms with van der Waals surface area (Å²) in [6.07, 6.45) is 7.91. The molecule has 1 saturated heterocycles. The fourth-order valence-electron chi connectivity index (χ4n) is 4.49. The number of nitrogens with one attached hydrogen (secondary N) is 1. The lowest BCUT2D eigenvalue weighted by molar-refractivity contribution is -0.119. The smallest absolute Gasteiger partial charge is 0.224 e. The third-order valence-corrected chi connectivity index (χ3v) is 6.82. The second kappa shape index (κ2) is 9.05. The SMILES string of the molecule is CS(=O)(=O)Cc1cnc(-c2ccc3c(c2)CCO3)n1-c1ccnc(NC2CCCN(C=O)C2)n1. The summed E-state index contributed by atoms with van der Waals surface area (Å²) in [5.41, 5.74) is 2.47. The zero-order chi connectivity index (χ0) is 23.7. The predicted molar refractivity (Wildman–Crippen MR) is 127 cm³/mol. The number of imidazole rings is 1. The topological polar surface area (TPSA) is 119 Å². The van der Waals surface area contributed by atoms with Gasteiger partial charge < -0.3 is 15.0 Å². The Morgan fingerprint density at radius 2 is 2.15 bits per heavy atom. The molecule has 11 heteroatoms. The highest BCUT2D eigenvalue weighted by molar-refractivity contribution is 7.89. The summed E-state index contributed by atoms with van der Waals surface area (Å²) in [5, 5.41) is 3.32. The van der Waals surface area contributed by atoms with E-state index in [0.29, 0.717) is 36.4 Å². The monoisotopic (exact) mass is 482 g/mol. The molecule has 1 aromatic carbocycles. The van der Waals surface area contributed by atoms with Gasteiger partial charge in [-0.3, -0.25) is 9.36 Å². The van der Waals surface area contributed by atoms with Crippen LogP contribution in [0.5, 0.6) is 5.75 Å². The molecular formula is C23H26N6O4S. The van der Waals surface area contributed by atoms with Gasteiger partial charge in [0.15, 0.2) is 9.84 Å². The average Bonchev–Trinajstić information content (AvgIpc) is 3.44. The molecule has 1 amide bonds. The molecule has 0 aliphatic carbocycles. The van der Waals surface area contributed by atoms with Crippen LogP contribution in [0.3, 0.4) is 0 Å². The number of benzene rings is 1. The Hall–Kier alpha value is -3.47. The number of ether oxygens (including phenoxy) is 1. The lowest BCUT2D eigenvalue weighted by Crippen LogP contribution is -2.41. The fraction of sp³-hybridized carbons (Fsp3) is 0.391. The third kappa shape index (κ3) is 4.74. The van der Waals surface area contributed by atoms with E-state index >= 15 is 0 Å². The molecule has 1 atom stereocenters. The fourth-order valence-corrected chi connectivity index (χ4v) is 5.23. The van der Waals surface area contributed by atoms with E-state index in [1.807, 2.05) is 18.2 Å². The number of rotatable bonds is 7. The molecule has 178 valence electrons. The molecule has 4 heterocycles. The van der Waals surface area contributed by atoms with E-state index in [1.165, 1.54) is 6.26 Å². The average molecular weight is 483 g/mol. The molecule has 1 unspecified atom stereocenters. The van der Waals surface area contributed by atoms with Crippen LogP contribution in [0.4, 0.5) is 5.95 Å². The van der Waals surface area contributed by atoms with Crippen molar-refractivity contribution in [3.05, 3.63) is 47.9 Å². The molecule has 0 bridgehead atoms. The third-order valence-electron chi connectivity index (χ3n) is 6.00. The number of carbonyl (C=O) groups excluding carboxylic acids is 1. The summed E-state index contributed by atoms with van der Waals surface area (Å²) < 4.78 is 31.7. The van der Waals surface area contributed by atoms with Crippen LogP contribution in [0, 0.1) is 0 Å². The lowest BCUT2D eigenvalue weighted by Gasteiger charge is -2.30. The van der Waals surface area contributed by atoms with Gasteiger partial charge in [-0.05, 0) is 42.7 Å². The number of nitrogens with zero attached hydrogens (tertiary/aromatic N) is 5.